The number of halogens is 1. The molecule has 5 heteroatoms. The van der Waals surface area contributed by atoms with Crippen molar-refractivity contribution in [2.45, 2.75) is 30.3 Å². The molecular formula is C30H23IN4. The van der Waals surface area contributed by atoms with Gasteiger partial charge in [0.25, 0.3) is 5.54 Å². The molecule has 3 aromatic carbocycles. The monoisotopic (exact) mass is 566 g/mol. The minimum absolute atomic E-state index is 0.477. The number of rotatable bonds is 5. The maximum Gasteiger partial charge on any atom is 0.274 e. The summed E-state index contributed by atoms with van der Waals surface area (Å²) in [5.74, 6) is 0. The summed E-state index contributed by atoms with van der Waals surface area (Å²) in [7, 11) is 0. The highest BCUT2D eigenvalue weighted by Gasteiger charge is 2.48. The van der Waals surface area contributed by atoms with Gasteiger partial charge in [0.15, 0.2) is 0 Å². The van der Waals surface area contributed by atoms with Crippen LogP contribution in [0.5, 0.6) is 0 Å². The highest BCUT2D eigenvalue weighted by molar-refractivity contribution is 14.1. The minimum atomic E-state index is -0.692. The van der Waals surface area contributed by atoms with Crippen molar-refractivity contribution in [2.75, 3.05) is 0 Å². The second-order valence-electron chi connectivity index (χ2n) is 9.09. The number of nitrogens with zero attached hydrogens (tertiary/aromatic N) is 4. The average molecular weight is 566 g/mol. The summed E-state index contributed by atoms with van der Waals surface area (Å²) in [4.78, 5) is 8.85. The smallest absolute Gasteiger partial charge is 0.274 e. The van der Waals surface area contributed by atoms with Crippen molar-refractivity contribution in [3.63, 3.8) is 0 Å². The lowest BCUT2D eigenvalue weighted by Gasteiger charge is -2.37. The van der Waals surface area contributed by atoms with Crippen LogP contribution in [-0.2, 0) is 11.1 Å². The van der Waals surface area contributed by atoms with Gasteiger partial charge in [-0.3, -0.25) is 4.98 Å². The molecule has 2 aromatic heterocycles. The zero-order chi connectivity index (χ0) is 23.9. The molecule has 0 spiro atoms. The van der Waals surface area contributed by atoms with E-state index < -0.39 is 11.1 Å². The average Bonchev–Trinajstić information content (AvgIpc) is 3.22. The van der Waals surface area contributed by atoms with E-state index >= 15 is 0 Å². The second-order valence-corrected chi connectivity index (χ2v) is 10.1. The summed E-state index contributed by atoms with van der Waals surface area (Å²) >= 11 is 2.33. The molecule has 1 fully saturated rings. The Balaban J connectivity index is 1.70. The van der Waals surface area contributed by atoms with Gasteiger partial charge in [0.1, 0.15) is 14.9 Å². The van der Waals surface area contributed by atoms with E-state index in [2.05, 4.69) is 111 Å². The molecular weight excluding hydrogens is 543 g/mol. The summed E-state index contributed by atoms with van der Waals surface area (Å²) in [5, 5.41) is 6.21. The summed E-state index contributed by atoms with van der Waals surface area (Å²) < 4.78 is 3.04. The van der Waals surface area contributed by atoms with Crippen molar-refractivity contribution in [3.8, 4) is 0 Å². The van der Waals surface area contributed by atoms with Crippen LogP contribution in [0.1, 0.15) is 41.6 Å². The molecule has 0 radical (unpaired) electrons. The molecule has 4 nitrogen and oxygen atoms in total. The van der Waals surface area contributed by atoms with E-state index in [-0.39, 0.29) is 0 Å². The Hall–Kier alpha value is -3.50. The van der Waals surface area contributed by atoms with E-state index in [0.717, 1.165) is 56.3 Å². The number of pyridine rings is 1. The maximum atomic E-state index is 7.81. The molecule has 0 bridgehead atoms. The molecule has 35 heavy (non-hydrogen) atoms. The Morgan fingerprint density at radius 1 is 0.829 bits per heavy atom. The van der Waals surface area contributed by atoms with Crippen LogP contribution in [0.2, 0.25) is 0 Å². The first-order valence-corrected chi connectivity index (χ1v) is 12.9. The van der Waals surface area contributed by atoms with Gasteiger partial charge >= 0.3 is 0 Å². The lowest BCUT2D eigenvalue weighted by atomic mass is 9.74. The molecule has 1 saturated carbocycles. The van der Waals surface area contributed by atoms with Gasteiger partial charge in [0.05, 0.1) is 11.7 Å². The molecule has 170 valence electrons. The van der Waals surface area contributed by atoms with Crippen LogP contribution in [0.25, 0.3) is 15.7 Å². The highest BCUT2D eigenvalue weighted by Crippen LogP contribution is 2.46. The normalized spacial score (nSPS) is 14.9. The van der Waals surface area contributed by atoms with Crippen LogP contribution in [0.4, 0.5) is 0 Å². The third-order valence-electron chi connectivity index (χ3n) is 7.29. The van der Waals surface area contributed by atoms with Gasteiger partial charge in [-0.2, -0.15) is 5.10 Å². The third-order valence-corrected chi connectivity index (χ3v) is 8.08. The third kappa shape index (κ3) is 3.31. The van der Waals surface area contributed by atoms with Crippen LogP contribution in [0, 0.1) is 10.3 Å². The van der Waals surface area contributed by atoms with E-state index in [9.17, 15) is 0 Å². The zero-order valence-electron chi connectivity index (χ0n) is 19.1. The van der Waals surface area contributed by atoms with Gasteiger partial charge in [-0.15, -0.1) is 0 Å². The topological polar surface area (TPSA) is 35.1 Å². The maximum absolute atomic E-state index is 7.81. The lowest BCUT2D eigenvalue weighted by molar-refractivity contribution is 0.303. The van der Waals surface area contributed by atoms with E-state index in [1.807, 2.05) is 24.4 Å². The molecule has 0 amide bonds. The predicted molar refractivity (Wildman–Crippen MR) is 147 cm³/mol. The fourth-order valence-electron chi connectivity index (χ4n) is 5.33. The van der Waals surface area contributed by atoms with Gasteiger partial charge in [0, 0.05) is 18.2 Å². The van der Waals surface area contributed by atoms with Crippen LogP contribution in [0.3, 0.4) is 0 Å². The quantitative estimate of drug-likeness (QED) is 0.128. The molecule has 0 unspecified atom stereocenters. The Bertz CT molecular complexity index is 1440. The molecule has 2 heterocycles. The van der Waals surface area contributed by atoms with Gasteiger partial charge in [-0.25, -0.2) is 11.3 Å². The Morgan fingerprint density at radius 3 is 1.77 bits per heavy atom. The fraction of sp³-hybridized carbons (Fsp3) is 0.167. The minimum Gasteiger partial charge on any atom is -0.304 e. The Kier molecular flexibility index (Phi) is 5.42. The fourth-order valence-corrected chi connectivity index (χ4v) is 5.98. The largest absolute Gasteiger partial charge is 0.304 e. The van der Waals surface area contributed by atoms with E-state index in [1.165, 1.54) is 0 Å². The SMILES string of the molecule is [C-]#[N+]C1(c2cc3c(I)nn(C(c4ccccc4)(c4ccccc4)c4ccccc4)c3cn2)CCC1. The molecule has 1 aliphatic carbocycles. The standard InChI is InChI=1S/C30H23IN4/c1-32-29(18-11-19-29)27-20-25-26(21-33-27)35(34-28(25)31)30(22-12-5-2-6-13-22,23-14-7-3-8-15-23)24-16-9-4-10-17-24/h2-10,12-17,20-21H,11,18-19H2. The van der Waals surface area contributed by atoms with Crippen LogP contribution in [0.15, 0.2) is 103 Å². The summed E-state index contributed by atoms with van der Waals surface area (Å²) in [6.07, 6.45) is 4.76. The van der Waals surface area contributed by atoms with E-state index in [0.29, 0.717) is 0 Å². The number of fused-ring (bicyclic) bond motifs is 1. The first-order chi connectivity index (χ1) is 17.2. The van der Waals surface area contributed by atoms with Crippen molar-refractivity contribution in [1.82, 2.24) is 14.8 Å². The number of benzene rings is 3. The number of hydrogen-bond donors (Lipinski definition) is 0. The molecule has 5 aromatic rings. The Morgan fingerprint density at radius 2 is 1.34 bits per heavy atom. The summed E-state index contributed by atoms with van der Waals surface area (Å²) in [6, 6.07) is 33.8. The van der Waals surface area contributed by atoms with Gasteiger partial charge in [-0.05, 0) is 51.8 Å². The van der Waals surface area contributed by atoms with Crippen molar-refractivity contribution < 1.29 is 0 Å². The van der Waals surface area contributed by atoms with Crippen molar-refractivity contribution in [1.29, 1.82) is 0 Å². The van der Waals surface area contributed by atoms with Crippen molar-refractivity contribution >= 4 is 33.5 Å². The molecule has 0 saturated heterocycles. The molecule has 0 N–H and O–H groups in total. The van der Waals surface area contributed by atoms with Gasteiger partial charge in [-0.1, -0.05) is 91.0 Å². The molecule has 6 rings (SSSR count). The molecule has 0 aliphatic heterocycles. The van der Waals surface area contributed by atoms with Crippen molar-refractivity contribution in [2.24, 2.45) is 0 Å². The van der Waals surface area contributed by atoms with Gasteiger partial charge in [0.2, 0.25) is 0 Å². The first kappa shape index (κ1) is 22.0. The summed E-state index contributed by atoms with van der Waals surface area (Å²) in [6.45, 7) is 7.81. The zero-order valence-corrected chi connectivity index (χ0v) is 21.3. The van der Waals surface area contributed by atoms with Crippen LogP contribution < -0.4 is 0 Å². The number of hydrogen-bond acceptors (Lipinski definition) is 2. The summed E-state index contributed by atoms with van der Waals surface area (Å²) in [5.41, 5.74) is 4.02. The predicted octanol–water partition coefficient (Wildman–Crippen LogP) is 7.17. The Labute approximate surface area is 218 Å². The highest BCUT2D eigenvalue weighted by atomic mass is 127. The first-order valence-electron chi connectivity index (χ1n) is 11.8. The van der Waals surface area contributed by atoms with Crippen molar-refractivity contribution in [3.05, 3.63) is 141 Å². The second kappa shape index (κ2) is 8.62. The van der Waals surface area contributed by atoms with E-state index in [1.54, 1.807) is 0 Å². The lowest BCUT2D eigenvalue weighted by Crippen LogP contribution is -2.38. The van der Waals surface area contributed by atoms with Crippen LogP contribution >= 0.6 is 22.6 Å². The number of aromatic nitrogens is 3. The van der Waals surface area contributed by atoms with E-state index in [4.69, 9.17) is 16.7 Å². The molecule has 0 atom stereocenters. The van der Waals surface area contributed by atoms with Crippen LogP contribution in [-0.4, -0.2) is 14.8 Å². The van der Waals surface area contributed by atoms with Gasteiger partial charge < -0.3 is 4.85 Å². The molecule has 1 aliphatic rings.